The number of benzene rings is 7. The molecule has 0 bridgehead atoms. The first-order chi connectivity index (χ1) is 23.3. The molecule has 0 unspecified atom stereocenters. The van der Waals surface area contributed by atoms with E-state index in [2.05, 4.69) is 5.43 Å². The van der Waals surface area contributed by atoms with E-state index in [1.165, 1.54) is 5.01 Å². The highest BCUT2D eigenvalue weighted by atomic mass is 16.6. The molecule has 0 saturated heterocycles. The zero-order valence-corrected chi connectivity index (χ0v) is 25.0. The number of nitro groups is 2. The Morgan fingerprint density at radius 3 is 1.58 bits per heavy atom. The third-order valence-electron chi connectivity index (χ3n) is 8.10. The molecule has 7 rings (SSSR count). The molecule has 1 N–H and O–H groups in total. The molecule has 11 nitrogen and oxygen atoms in total. The summed E-state index contributed by atoms with van der Waals surface area (Å²) in [6.45, 7) is -0.677. The van der Waals surface area contributed by atoms with Crippen molar-refractivity contribution >= 4 is 72.5 Å². The number of ketones is 1. The van der Waals surface area contributed by atoms with Gasteiger partial charge in [0.25, 0.3) is 0 Å². The van der Waals surface area contributed by atoms with Crippen LogP contribution in [0.1, 0.15) is 20.7 Å². The molecule has 0 saturated carbocycles. The molecular formula is C37H24N4O7. The third-order valence-corrected chi connectivity index (χ3v) is 8.10. The van der Waals surface area contributed by atoms with Gasteiger partial charge in [-0.15, -0.1) is 0 Å². The summed E-state index contributed by atoms with van der Waals surface area (Å²) in [5.41, 5.74) is 1.87. The van der Waals surface area contributed by atoms with Crippen molar-refractivity contribution in [1.82, 2.24) is 0 Å². The molecule has 0 aliphatic heterocycles. The Balaban J connectivity index is 1.18. The fourth-order valence-corrected chi connectivity index (χ4v) is 5.89. The molecule has 0 spiro atoms. The Hall–Kier alpha value is -6.88. The number of Topliss-reactive ketones (excluding diaryl/α,β-unsaturated/α-hetero) is 1. The lowest BCUT2D eigenvalue weighted by molar-refractivity contribution is -0.392. The first-order valence-electron chi connectivity index (χ1n) is 14.8. The highest BCUT2D eigenvalue weighted by molar-refractivity contribution is 6.24. The van der Waals surface area contributed by atoms with Crippen LogP contribution in [0.5, 0.6) is 0 Å². The highest BCUT2D eigenvalue weighted by Gasteiger charge is 2.31. The van der Waals surface area contributed by atoms with E-state index in [1.807, 2.05) is 42.5 Å². The molecule has 0 aliphatic rings. The molecule has 11 heteroatoms. The maximum Gasteiger partial charge on any atom is 0.339 e. The lowest BCUT2D eigenvalue weighted by atomic mass is 9.92. The monoisotopic (exact) mass is 636 g/mol. The summed E-state index contributed by atoms with van der Waals surface area (Å²) in [6, 6.07) is 36.6. The predicted octanol–water partition coefficient (Wildman–Crippen LogP) is 8.61. The van der Waals surface area contributed by atoms with E-state index in [9.17, 15) is 29.8 Å². The van der Waals surface area contributed by atoms with Gasteiger partial charge in [-0.05, 0) is 68.7 Å². The standard InChI is InChI=1S/C37H24N4O7/c42-33(27-18-25-16-14-23-8-7-9-24-15-17-26(19-27)35(25)34(23)24)22-48-37(43)28-20-31(40(44)45)36(32(21-28)41(46)47)38-39(29-10-3-1-4-11-29)30-12-5-2-6-13-30/h1-21,38H,22H2. The molecule has 48 heavy (non-hydrogen) atoms. The number of rotatable bonds is 10. The van der Waals surface area contributed by atoms with E-state index < -0.39 is 50.8 Å². The largest absolute Gasteiger partial charge is 0.454 e. The maximum absolute atomic E-state index is 13.2. The van der Waals surface area contributed by atoms with Gasteiger partial charge in [-0.2, -0.15) is 0 Å². The number of nitrogens with zero attached hydrogens (tertiary/aromatic N) is 3. The molecule has 0 aromatic heterocycles. The Kier molecular flexibility index (Phi) is 7.54. The molecule has 0 aliphatic carbocycles. The van der Waals surface area contributed by atoms with Gasteiger partial charge in [0.05, 0.1) is 26.8 Å². The Bertz CT molecular complexity index is 2240. The predicted molar refractivity (Wildman–Crippen MR) is 183 cm³/mol. The quantitative estimate of drug-likeness (QED) is 0.0513. The highest BCUT2D eigenvalue weighted by Crippen LogP contribution is 2.39. The van der Waals surface area contributed by atoms with Gasteiger partial charge >= 0.3 is 17.3 Å². The van der Waals surface area contributed by atoms with E-state index in [0.29, 0.717) is 16.9 Å². The van der Waals surface area contributed by atoms with Crippen LogP contribution < -0.4 is 10.4 Å². The van der Waals surface area contributed by atoms with Crippen molar-refractivity contribution in [3.63, 3.8) is 0 Å². The van der Waals surface area contributed by atoms with Crippen molar-refractivity contribution in [2.75, 3.05) is 17.0 Å². The minimum absolute atomic E-state index is 0.312. The fraction of sp³-hybridized carbons (Fsp3) is 0.0270. The maximum atomic E-state index is 13.2. The number of hydrogen-bond donors (Lipinski definition) is 1. The number of nitro benzene ring substituents is 2. The van der Waals surface area contributed by atoms with Gasteiger partial charge in [-0.1, -0.05) is 78.9 Å². The number of carbonyl (C=O) groups is 2. The van der Waals surface area contributed by atoms with Crippen LogP contribution >= 0.6 is 0 Å². The van der Waals surface area contributed by atoms with Crippen molar-refractivity contribution in [2.45, 2.75) is 0 Å². The zero-order valence-electron chi connectivity index (χ0n) is 25.0. The molecule has 0 fully saturated rings. The summed E-state index contributed by atoms with van der Waals surface area (Å²) in [5, 5.41) is 31.9. The van der Waals surface area contributed by atoms with E-state index >= 15 is 0 Å². The number of hydrazine groups is 1. The van der Waals surface area contributed by atoms with Crippen LogP contribution in [0.4, 0.5) is 28.4 Å². The van der Waals surface area contributed by atoms with Crippen molar-refractivity contribution in [1.29, 1.82) is 0 Å². The van der Waals surface area contributed by atoms with Gasteiger partial charge < -0.3 is 4.74 Å². The lowest BCUT2D eigenvalue weighted by Gasteiger charge is -2.26. The molecular weight excluding hydrogens is 612 g/mol. The van der Waals surface area contributed by atoms with Crippen molar-refractivity contribution < 1.29 is 24.2 Å². The van der Waals surface area contributed by atoms with Crippen LogP contribution in [0, 0.1) is 20.2 Å². The van der Waals surface area contributed by atoms with Gasteiger partial charge in [-0.3, -0.25) is 35.5 Å². The van der Waals surface area contributed by atoms with E-state index in [-0.39, 0.29) is 0 Å². The molecule has 0 heterocycles. The van der Waals surface area contributed by atoms with Crippen LogP contribution in [0.2, 0.25) is 0 Å². The lowest BCUT2D eigenvalue weighted by Crippen LogP contribution is -2.25. The van der Waals surface area contributed by atoms with Gasteiger partial charge in [0.1, 0.15) is 0 Å². The Morgan fingerprint density at radius 2 is 1.08 bits per heavy atom. The second kappa shape index (κ2) is 12.1. The number of anilines is 3. The SMILES string of the molecule is O=C(COC(=O)c1cc([N+](=O)[O-])c(NN(c2ccccc2)c2ccccc2)c([N+](=O)[O-])c1)c1cc2ccc3cccc4ccc(c1)c2c34. The van der Waals surface area contributed by atoms with Crippen LogP contribution in [-0.4, -0.2) is 28.2 Å². The number of esters is 1. The molecule has 0 atom stereocenters. The molecule has 7 aromatic carbocycles. The van der Waals surface area contributed by atoms with Gasteiger partial charge in [0.2, 0.25) is 5.69 Å². The number of para-hydroxylation sites is 2. The molecule has 7 aromatic rings. The van der Waals surface area contributed by atoms with Gasteiger partial charge in [0.15, 0.2) is 12.4 Å². The average Bonchev–Trinajstić information content (AvgIpc) is 3.11. The first kappa shape index (κ1) is 29.8. The molecule has 0 amide bonds. The van der Waals surface area contributed by atoms with Crippen LogP contribution in [0.3, 0.4) is 0 Å². The van der Waals surface area contributed by atoms with Crippen LogP contribution in [0.15, 0.2) is 127 Å². The van der Waals surface area contributed by atoms with Crippen molar-refractivity contribution in [2.24, 2.45) is 0 Å². The van der Waals surface area contributed by atoms with E-state index in [0.717, 1.165) is 44.5 Å². The number of nitrogens with one attached hydrogen (secondary N) is 1. The summed E-state index contributed by atoms with van der Waals surface area (Å²) in [6.07, 6.45) is 0. The molecule has 234 valence electrons. The summed E-state index contributed by atoms with van der Waals surface area (Å²) in [4.78, 5) is 49.2. The number of ether oxygens (including phenoxy) is 1. The summed E-state index contributed by atoms with van der Waals surface area (Å²) < 4.78 is 5.26. The summed E-state index contributed by atoms with van der Waals surface area (Å²) in [5.74, 6) is -1.63. The average molecular weight is 637 g/mol. The fourth-order valence-electron chi connectivity index (χ4n) is 5.89. The third kappa shape index (κ3) is 5.45. The van der Waals surface area contributed by atoms with Crippen molar-refractivity contribution in [3.8, 4) is 0 Å². The Labute approximate surface area is 272 Å². The van der Waals surface area contributed by atoms with Gasteiger partial charge in [0, 0.05) is 17.7 Å². The minimum Gasteiger partial charge on any atom is -0.454 e. The van der Waals surface area contributed by atoms with Crippen molar-refractivity contribution in [3.05, 3.63) is 159 Å². The topological polar surface area (TPSA) is 145 Å². The van der Waals surface area contributed by atoms with E-state index in [1.54, 1.807) is 72.8 Å². The number of hydrogen-bond acceptors (Lipinski definition) is 9. The summed E-state index contributed by atoms with van der Waals surface area (Å²) >= 11 is 0. The minimum atomic E-state index is -1.12. The summed E-state index contributed by atoms with van der Waals surface area (Å²) in [7, 11) is 0. The van der Waals surface area contributed by atoms with Gasteiger partial charge in [-0.25, -0.2) is 4.79 Å². The van der Waals surface area contributed by atoms with Crippen LogP contribution in [-0.2, 0) is 4.74 Å². The van der Waals surface area contributed by atoms with Crippen LogP contribution in [0.25, 0.3) is 32.3 Å². The molecule has 0 radical (unpaired) electrons. The van der Waals surface area contributed by atoms with E-state index in [4.69, 9.17) is 4.74 Å². The Morgan fingerprint density at radius 1 is 0.604 bits per heavy atom. The zero-order chi connectivity index (χ0) is 33.4. The smallest absolute Gasteiger partial charge is 0.339 e. The first-order valence-corrected chi connectivity index (χ1v) is 14.8. The normalized spacial score (nSPS) is 11.1. The second-order valence-corrected chi connectivity index (χ2v) is 11.0. The number of carbonyl (C=O) groups excluding carboxylic acids is 2. The second-order valence-electron chi connectivity index (χ2n) is 11.0.